The van der Waals surface area contributed by atoms with E-state index in [0.717, 1.165) is 0 Å². The van der Waals surface area contributed by atoms with Crippen LogP contribution in [0.4, 0.5) is 9.59 Å². The van der Waals surface area contributed by atoms with Crippen molar-refractivity contribution < 1.29 is 19.8 Å². The standard InChI is InChI=1S/C15H20Cl2N2O4/c1-15(2,3)8-19(14(22)23)11(7-18-13(20)21)9-5-4-6-10(16)12(9)17/h4-6,11,18H,7-8H2,1-3H3,(H,20,21)(H,22,23). The van der Waals surface area contributed by atoms with E-state index in [1.807, 2.05) is 20.8 Å². The summed E-state index contributed by atoms with van der Waals surface area (Å²) in [5.41, 5.74) is 0.143. The SMILES string of the molecule is CC(C)(C)CN(C(=O)O)C(CNC(=O)O)c1cccc(Cl)c1Cl. The number of hydrogen-bond acceptors (Lipinski definition) is 2. The Hall–Kier alpha value is -1.66. The van der Waals surface area contributed by atoms with Gasteiger partial charge in [-0.15, -0.1) is 0 Å². The third-order valence-electron chi connectivity index (χ3n) is 3.05. The van der Waals surface area contributed by atoms with Crippen LogP contribution in [-0.4, -0.2) is 40.4 Å². The molecule has 0 saturated carbocycles. The van der Waals surface area contributed by atoms with Crippen molar-refractivity contribution in [1.82, 2.24) is 10.2 Å². The second-order valence-electron chi connectivity index (χ2n) is 6.32. The first-order valence-electron chi connectivity index (χ1n) is 6.93. The van der Waals surface area contributed by atoms with Crippen LogP contribution in [0.3, 0.4) is 0 Å². The summed E-state index contributed by atoms with van der Waals surface area (Å²) in [6, 6.07) is 4.09. The van der Waals surface area contributed by atoms with Crippen molar-refractivity contribution in [3.8, 4) is 0 Å². The van der Waals surface area contributed by atoms with E-state index in [2.05, 4.69) is 5.32 Å². The first-order valence-corrected chi connectivity index (χ1v) is 7.69. The molecule has 0 bridgehead atoms. The molecule has 0 aliphatic heterocycles. The fourth-order valence-corrected chi connectivity index (χ4v) is 2.61. The van der Waals surface area contributed by atoms with Gasteiger partial charge < -0.3 is 15.5 Å². The second-order valence-corrected chi connectivity index (χ2v) is 7.10. The smallest absolute Gasteiger partial charge is 0.407 e. The van der Waals surface area contributed by atoms with Gasteiger partial charge in [0.2, 0.25) is 0 Å². The first kappa shape index (κ1) is 19.4. The number of carboxylic acid groups (broad SMARTS) is 2. The Morgan fingerprint density at radius 3 is 2.35 bits per heavy atom. The van der Waals surface area contributed by atoms with Gasteiger partial charge in [-0.1, -0.05) is 56.1 Å². The van der Waals surface area contributed by atoms with Crippen LogP contribution in [0, 0.1) is 5.41 Å². The van der Waals surface area contributed by atoms with E-state index in [4.69, 9.17) is 28.3 Å². The van der Waals surface area contributed by atoms with E-state index >= 15 is 0 Å². The number of carbonyl (C=O) groups is 2. The predicted octanol–water partition coefficient (Wildman–Crippen LogP) is 4.33. The molecule has 1 atom stereocenters. The summed E-state index contributed by atoms with van der Waals surface area (Å²) >= 11 is 12.2. The topological polar surface area (TPSA) is 89.9 Å². The highest BCUT2D eigenvalue weighted by Gasteiger charge is 2.31. The highest BCUT2D eigenvalue weighted by atomic mass is 35.5. The Kier molecular flexibility index (Phi) is 6.53. The molecule has 128 valence electrons. The average Bonchev–Trinajstić information content (AvgIpc) is 2.40. The molecule has 1 aromatic rings. The third kappa shape index (κ3) is 5.80. The molecule has 6 nitrogen and oxygen atoms in total. The van der Waals surface area contributed by atoms with Gasteiger partial charge in [-0.2, -0.15) is 0 Å². The zero-order chi connectivity index (χ0) is 17.8. The molecule has 8 heteroatoms. The Labute approximate surface area is 145 Å². The lowest BCUT2D eigenvalue weighted by atomic mass is 9.94. The molecule has 23 heavy (non-hydrogen) atoms. The van der Waals surface area contributed by atoms with E-state index in [-0.39, 0.29) is 28.5 Å². The lowest BCUT2D eigenvalue weighted by molar-refractivity contribution is 0.100. The average molecular weight is 363 g/mol. The van der Waals surface area contributed by atoms with Crippen molar-refractivity contribution in [3.63, 3.8) is 0 Å². The third-order valence-corrected chi connectivity index (χ3v) is 3.89. The van der Waals surface area contributed by atoms with E-state index in [0.29, 0.717) is 5.56 Å². The van der Waals surface area contributed by atoms with Crippen molar-refractivity contribution >= 4 is 35.4 Å². The molecule has 0 aliphatic rings. The Morgan fingerprint density at radius 2 is 1.87 bits per heavy atom. The van der Waals surface area contributed by atoms with E-state index in [1.54, 1.807) is 18.2 Å². The minimum atomic E-state index is -1.24. The summed E-state index contributed by atoms with van der Waals surface area (Å²) in [4.78, 5) is 23.7. The molecule has 1 unspecified atom stereocenters. The molecule has 0 aliphatic carbocycles. The van der Waals surface area contributed by atoms with Gasteiger partial charge in [0.25, 0.3) is 0 Å². The van der Waals surface area contributed by atoms with Crippen LogP contribution in [0.2, 0.25) is 10.0 Å². The van der Waals surface area contributed by atoms with Crippen molar-refractivity contribution in [1.29, 1.82) is 0 Å². The summed E-state index contributed by atoms with van der Waals surface area (Å²) in [5.74, 6) is 0. The van der Waals surface area contributed by atoms with Crippen LogP contribution in [0.15, 0.2) is 18.2 Å². The Morgan fingerprint density at radius 1 is 1.26 bits per heavy atom. The van der Waals surface area contributed by atoms with Gasteiger partial charge >= 0.3 is 12.2 Å². The largest absolute Gasteiger partial charge is 0.465 e. The maximum atomic E-state index is 11.7. The van der Waals surface area contributed by atoms with Crippen molar-refractivity contribution in [2.24, 2.45) is 5.41 Å². The zero-order valence-electron chi connectivity index (χ0n) is 13.1. The highest BCUT2D eigenvalue weighted by molar-refractivity contribution is 6.42. The number of halogens is 2. The van der Waals surface area contributed by atoms with Gasteiger partial charge in [-0.3, -0.25) is 4.90 Å². The summed E-state index contributed by atoms with van der Waals surface area (Å²) < 4.78 is 0. The summed E-state index contributed by atoms with van der Waals surface area (Å²) in [6.07, 6.45) is -2.40. The van der Waals surface area contributed by atoms with E-state index < -0.39 is 18.2 Å². The normalized spacial score (nSPS) is 12.6. The minimum Gasteiger partial charge on any atom is -0.465 e. The molecule has 2 amide bonds. The molecular weight excluding hydrogens is 343 g/mol. The maximum Gasteiger partial charge on any atom is 0.407 e. The fourth-order valence-electron chi connectivity index (χ4n) is 2.17. The zero-order valence-corrected chi connectivity index (χ0v) is 14.6. The first-order chi connectivity index (χ1) is 10.5. The Balaban J connectivity index is 3.28. The van der Waals surface area contributed by atoms with Crippen LogP contribution >= 0.6 is 23.2 Å². The molecule has 0 radical (unpaired) electrons. The Bertz CT molecular complexity index is 587. The van der Waals surface area contributed by atoms with Crippen LogP contribution in [0.25, 0.3) is 0 Å². The highest BCUT2D eigenvalue weighted by Crippen LogP contribution is 2.34. The van der Waals surface area contributed by atoms with Crippen LogP contribution in [0.1, 0.15) is 32.4 Å². The van der Waals surface area contributed by atoms with Gasteiger partial charge in [0.1, 0.15) is 0 Å². The van der Waals surface area contributed by atoms with Crippen molar-refractivity contribution in [3.05, 3.63) is 33.8 Å². The number of hydrogen-bond donors (Lipinski definition) is 3. The molecule has 3 N–H and O–H groups in total. The monoisotopic (exact) mass is 362 g/mol. The van der Waals surface area contributed by atoms with E-state index in [9.17, 15) is 14.7 Å². The molecule has 0 heterocycles. The van der Waals surface area contributed by atoms with Crippen LogP contribution in [-0.2, 0) is 0 Å². The van der Waals surface area contributed by atoms with Gasteiger partial charge in [0, 0.05) is 13.1 Å². The molecule has 0 saturated heterocycles. The number of benzene rings is 1. The van der Waals surface area contributed by atoms with Gasteiger partial charge in [0.05, 0.1) is 16.1 Å². The summed E-state index contributed by atoms with van der Waals surface area (Å²) in [5, 5.41) is 21.1. The van der Waals surface area contributed by atoms with Gasteiger partial charge in [-0.25, -0.2) is 9.59 Å². The van der Waals surface area contributed by atoms with Crippen molar-refractivity contribution in [2.75, 3.05) is 13.1 Å². The molecular formula is C15H20Cl2N2O4. The summed E-state index contributed by atoms with van der Waals surface area (Å²) in [7, 11) is 0. The minimum absolute atomic E-state index is 0.127. The second kappa shape index (κ2) is 7.75. The number of nitrogens with zero attached hydrogens (tertiary/aromatic N) is 1. The molecule has 0 fully saturated rings. The maximum absolute atomic E-state index is 11.7. The fraction of sp³-hybridized carbons (Fsp3) is 0.467. The number of amides is 2. The lowest BCUT2D eigenvalue weighted by Gasteiger charge is -2.35. The lowest BCUT2D eigenvalue weighted by Crippen LogP contribution is -2.44. The quantitative estimate of drug-likeness (QED) is 0.726. The predicted molar refractivity (Wildman–Crippen MR) is 89.4 cm³/mol. The molecule has 1 aromatic carbocycles. The summed E-state index contributed by atoms with van der Waals surface area (Å²) in [6.45, 7) is 5.76. The number of rotatable bonds is 5. The van der Waals surface area contributed by atoms with Gasteiger partial charge in [-0.05, 0) is 17.0 Å². The number of nitrogens with one attached hydrogen (secondary N) is 1. The van der Waals surface area contributed by atoms with Crippen molar-refractivity contribution in [2.45, 2.75) is 26.8 Å². The van der Waals surface area contributed by atoms with Gasteiger partial charge in [0.15, 0.2) is 0 Å². The van der Waals surface area contributed by atoms with Crippen LogP contribution in [0.5, 0.6) is 0 Å². The van der Waals surface area contributed by atoms with Crippen LogP contribution < -0.4 is 5.32 Å². The van der Waals surface area contributed by atoms with E-state index in [1.165, 1.54) is 4.90 Å². The molecule has 1 rings (SSSR count). The molecule has 0 spiro atoms. The molecule has 0 aromatic heterocycles.